The number of anilines is 1. The number of imide groups is 2. The molecule has 2 N–H and O–H groups in total. The molecule has 2 aliphatic heterocycles. The Morgan fingerprint density at radius 1 is 0.857 bits per heavy atom. The molecule has 1 aliphatic carbocycles. The second-order valence-corrected chi connectivity index (χ2v) is 12.9. The Morgan fingerprint density at radius 2 is 1.49 bits per heavy atom. The summed E-state index contributed by atoms with van der Waals surface area (Å²) in [5.74, 6) is -0.118. The highest BCUT2D eigenvalue weighted by atomic mass is 16.5. The molecule has 3 aromatic carbocycles. The summed E-state index contributed by atoms with van der Waals surface area (Å²) < 4.78 is 12.0. The predicted molar refractivity (Wildman–Crippen MR) is 176 cm³/mol. The van der Waals surface area contributed by atoms with Crippen LogP contribution in [-0.2, 0) is 15.0 Å². The van der Waals surface area contributed by atoms with E-state index in [9.17, 15) is 19.2 Å². The fraction of sp³-hybridized carbons (Fsp3) is 0.270. The smallest absolute Gasteiger partial charge is 0.262 e. The van der Waals surface area contributed by atoms with Crippen LogP contribution < -0.4 is 20.1 Å². The van der Waals surface area contributed by atoms with E-state index in [4.69, 9.17) is 14.7 Å². The van der Waals surface area contributed by atoms with E-state index in [0.29, 0.717) is 17.2 Å². The van der Waals surface area contributed by atoms with Gasteiger partial charge in [-0.3, -0.25) is 29.4 Å². The lowest BCUT2D eigenvalue weighted by molar-refractivity contribution is -0.136. The van der Waals surface area contributed by atoms with Gasteiger partial charge in [-0.1, -0.05) is 38.1 Å². The zero-order chi connectivity index (χ0) is 34.3. The van der Waals surface area contributed by atoms with Crippen LogP contribution in [-0.4, -0.2) is 56.7 Å². The highest BCUT2D eigenvalue weighted by Gasteiger charge is 2.44. The van der Waals surface area contributed by atoms with Crippen molar-refractivity contribution in [2.75, 3.05) is 5.32 Å². The van der Waals surface area contributed by atoms with E-state index in [0.717, 1.165) is 34.6 Å². The van der Waals surface area contributed by atoms with E-state index in [1.807, 2.05) is 42.5 Å². The summed E-state index contributed by atoms with van der Waals surface area (Å²) in [5, 5.41) is 14.5. The van der Waals surface area contributed by atoms with Gasteiger partial charge in [0.15, 0.2) is 5.75 Å². The number of nitrogens with zero attached hydrogens (tertiary/aromatic N) is 4. The molecule has 0 bridgehead atoms. The van der Waals surface area contributed by atoms with Crippen LogP contribution >= 0.6 is 0 Å². The molecule has 3 aliphatic rings. The zero-order valence-corrected chi connectivity index (χ0v) is 26.8. The normalized spacial score (nSPS) is 20.2. The molecule has 4 aromatic rings. The molecule has 1 atom stereocenters. The number of aromatic nitrogens is 2. The van der Waals surface area contributed by atoms with Gasteiger partial charge >= 0.3 is 0 Å². The Kier molecular flexibility index (Phi) is 8.04. The molecule has 1 saturated carbocycles. The Labute approximate surface area is 282 Å². The predicted octanol–water partition coefficient (Wildman–Crippen LogP) is 4.89. The summed E-state index contributed by atoms with van der Waals surface area (Å²) in [5.41, 5.74) is 3.17. The van der Waals surface area contributed by atoms with Crippen molar-refractivity contribution in [3.63, 3.8) is 0 Å². The first-order valence-corrected chi connectivity index (χ1v) is 16.0. The Balaban J connectivity index is 0.915. The lowest BCUT2D eigenvalue weighted by atomic mass is 9.78. The number of piperidine rings is 1. The van der Waals surface area contributed by atoms with Gasteiger partial charge in [0.2, 0.25) is 17.6 Å². The van der Waals surface area contributed by atoms with Crippen molar-refractivity contribution in [3.8, 4) is 23.3 Å². The molecule has 1 aromatic heterocycles. The molecule has 1 unspecified atom stereocenters. The van der Waals surface area contributed by atoms with Gasteiger partial charge in [0.25, 0.3) is 11.8 Å². The van der Waals surface area contributed by atoms with Crippen LogP contribution in [0.4, 0.5) is 5.69 Å². The van der Waals surface area contributed by atoms with Crippen LogP contribution in [0.15, 0.2) is 79.1 Å². The molecular formula is C37H32N6O6. The molecule has 0 spiro atoms. The maximum absolute atomic E-state index is 13.1. The molecule has 4 amide bonds. The lowest BCUT2D eigenvalue weighted by Gasteiger charge is -2.36. The Hall–Kier alpha value is -6.09. The number of carbonyl (C=O) groups is 4. The van der Waals surface area contributed by atoms with Crippen molar-refractivity contribution < 1.29 is 28.7 Å². The van der Waals surface area contributed by atoms with Crippen molar-refractivity contribution in [2.24, 2.45) is 0 Å². The first-order valence-electron chi connectivity index (χ1n) is 16.0. The summed E-state index contributed by atoms with van der Waals surface area (Å²) in [6, 6.07) is 22.0. The number of ether oxygens (including phenoxy) is 2. The average Bonchev–Trinajstić information content (AvgIpc) is 3.33. The van der Waals surface area contributed by atoms with E-state index >= 15 is 0 Å². The average molecular weight is 657 g/mol. The van der Waals surface area contributed by atoms with E-state index in [2.05, 4.69) is 46.6 Å². The van der Waals surface area contributed by atoms with Gasteiger partial charge in [-0.25, -0.2) is 9.97 Å². The third kappa shape index (κ3) is 6.18. The molecule has 12 nitrogen and oxygen atoms in total. The Morgan fingerprint density at radius 3 is 2.12 bits per heavy atom. The minimum atomic E-state index is -0.990. The number of amides is 4. The van der Waals surface area contributed by atoms with Crippen molar-refractivity contribution in [3.05, 3.63) is 107 Å². The van der Waals surface area contributed by atoms with Crippen LogP contribution in [0.2, 0.25) is 0 Å². The Bertz CT molecular complexity index is 2000. The van der Waals surface area contributed by atoms with Crippen LogP contribution in [0, 0.1) is 11.3 Å². The molecule has 12 heteroatoms. The van der Waals surface area contributed by atoms with Crippen LogP contribution in [0.25, 0.3) is 0 Å². The highest BCUT2D eigenvalue weighted by Crippen LogP contribution is 2.36. The number of hydrogen-bond donors (Lipinski definition) is 2. The van der Waals surface area contributed by atoms with Crippen molar-refractivity contribution in [1.82, 2.24) is 20.2 Å². The zero-order valence-electron chi connectivity index (χ0n) is 26.8. The molecule has 7 rings (SSSR count). The number of rotatable bonds is 9. The topological polar surface area (TPSA) is 164 Å². The third-order valence-corrected chi connectivity index (χ3v) is 9.32. The maximum atomic E-state index is 13.1. The number of carbonyl (C=O) groups excluding carboxylic acids is 4. The minimum absolute atomic E-state index is 0.0334. The highest BCUT2D eigenvalue weighted by molar-refractivity contribution is 6.23. The standard InChI is InChI=1S/C37H32N6O6/c1-37(2,22-5-10-26(11-6-22)49-28-19-39-32(18-38)40-20-28)21-3-8-25(9-4-21)48-27-15-24(16-27)41-23-7-12-29-30(17-23)36(47)43(35(29)46)31-13-14-33(44)42-34(31)45/h3-12,17,19-20,24,27,31,41H,13-16H2,1-2H3,(H,42,44,45)/t24-,27-,31?. The van der Waals surface area contributed by atoms with Gasteiger partial charge in [0.1, 0.15) is 29.7 Å². The summed E-state index contributed by atoms with van der Waals surface area (Å²) in [6.45, 7) is 4.31. The van der Waals surface area contributed by atoms with E-state index < -0.39 is 29.7 Å². The fourth-order valence-corrected chi connectivity index (χ4v) is 6.39. The van der Waals surface area contributed by atoms with Crippen molar-refractivity contribution >= 4 is 29.3 Å². The van der Waals surface area contributed by atoms with Crippen molar-refractivity contribution in [1.29, 1.82) is 5.26 Å². The van der Waals surface area contributed by atoms with E-state index in [1.54, 1.807) is 18.2 Å². The van der Waals surface area contributed by atoms with Crippen molar-refractivity contribution in [2.45, 2.75) is 63.1 Å². The fourth-order valence-electron chi connectivity index (χ4n) is 6.39. The molecule has 246 valence electrons. The molecular weight excluding hydrogens is 624 g/mol. The third-order valence-electron chi connectivity index (χ3n) is 9.32. The van der Waals surface area contributed by atoms with Gasteiger partial charge in [0.05, 0.1) is 23.5 Å². The van der Waals surface area contributed by atoms with Gasteiger partial charge in [-0.05, 0) is 60.0 Å². The van der Waals surface area contributed by atoms with Crippen LogP contribution in [0.1, 0.15) is 77.2 Å². The van der Waals surface area contributed by atoms with Gasteiger partial charge < -0.3 is 14.8 Å². The second kappa shape index (κ2) is 12.5. The summed E-state index contributed by atoms with van der Waals surface area (Å²) in [4.78, 5) is 58.8. The minimum Gasteiger partial charge on any atom is -0.490 e. The lowest BCUT2D eigenvalue weighted by Crippen LogP contribution is -2.54. The first-order chi connectivity index (χ1) is 23.6. The van der Waals surface area contributed by atoms with Gasteiger partial charge in [-0.15, -0.1) is 0 Å². The van der Waals surface area contributed by atoms with E-state index in [-0.39, 0.29) is 47.4 Å². The van der Waals surface area contributed by atoms with E-state index in [1.165, 1.54) is 12.4 Å². The number of hydrogen-bond acceptors (Lipinski definition) is 10. The maximum Gasteiger partial charge on any atom is 0.262 e. The summed E-state index contributed by atoms with van der Waals surface area (Å²) in [7, 11) is 0. The molecule has 2 fully saturated rings. The molecule has 0 radical (unpaired) electrons. The molecule has 1 saturated heterocycles. The number of nitrogens with one attached hydrogen (secondary N) is 2. The SMILES string of the molecule is CC(C)(c1ccc(Oc2cnc(C#N)nc2)cc1)c1ccc(O[C@H]2C[C@H](Nc3ccc4c(c3)C(=O)N(C3CCC(=O)NC3=O)C4=O)C2)cc1. The van der Waals surface area contributed by atoms with Crippen LogP contribution in [0.5, 0.6) is 17.2 Å². The van der Waals surface area contributed by atoms with Crippen LogP contribution in [0.3, 0.4) is 0 Å². The monoisotopic (exact) mass is 656 g/mol. The number of benzene rings is 3. The first kappa shape index (κ1) is 31.5. The molecule has 3 heterocycles. The number of nitriles is 1. The molecule has 49 heavy (non-hydrogen) atoms. The quantitative estimate of drug-likeness (QED) is 0.237. The van der Waals surface area contributed by atoms with Gasteiger partial charge in [0, 0.05) is 36.4 Å². The summed E-state index contributed by atoms with van der Waals surface area (Å²) in [6.07, 6.45) is 4.70. The number of fused-ring (bicyclic) bond motifs is 1. The van der Waals surface area contributed by atoms with Gasteiger partial charge in [-0.2, -0.15) is 5.26 Å². The second-order valence-electron chi connectivity index (χ2n) is 12.9. The summed E-state index contributed by atoms with van der Waals surface area (Å²) >= 11 is 0. The largest absolute Gasteiger partial charge is 0.490 e.